The number of rotatable bonds is 5. The molecule has 0 spiro atoms. The first-order valence-corrected chi connectivity index (χ1v) is 5.20. The zero-order valence-electron chi connectivity index (χ0n) is 10.6. The van der Waals surface area contributed by atoms with Crippen LogP contribution in [0.1, 0.15) is 0 Å². The van der Waals surface area contributed by atoms with Crippen molar-refractivity contribution in [3.63, 3.8) is 0 Å². The van der Waals surface area contributed by atoms with Gasteiger partial charge >= 0.3 is 5.69 Å². The Morgan fingerprint density at radius 2 is 2.00 bits per heavy atom. The maximum Gasteiger partial charge on any atom is 0.350 e. The van der Waals surface area contributed by atoms with Gasteiger partial charge in [-0.15, -0.1) is 0 Å². The predicted octanol–water partition coefficient (Wildman–Crippen LogP) is -0.167. The highest BCUT2D eigenvalue weighted by atomic mass is 19.1. The van der Waals surface area contributed by atoms with Crippen molar-refractivity contribution in [1.29, 1.82) is 0 Å². The Hall–Kier alpha value is -1.47. The number of hydrogen-bond acceptors (Lipinski definition) is 5. The van der Waals surface area contributed by atoms with Crippen LogP contribution in [0.2, 0.25) is 0 Å². The van der Waals surface area contributed by atoms with E-state index in [0.717, 1.165) is 6.20 Å². The van der Waals surface area contributed by atoms with Crippen LogP contribution < -0.4 is 11.0 Å². The molecular formula is C10H18FN5O. The summed E-state index contributed by atoms with van der Waals surface area (Å²) in [4.78, 5) is 18.8. The van der Waals surface area contributed by atoms with E-state index in [4.69, 9.17) is 0 Å². The van der Waals surface area contributed by atoms with Gasteiger partial charge in [-0.2, -0.15) is 4.98 Å². The number of hydrogen-bond donors (Lipinski definition) is 1. The molecule has 0 unspecified atom stereocenters. The van der Waals surface area contributed by atoms with Crippen molar-refractivity contribution in [2.24, 2.45) is 0 Å². The second kappa shape index (κ2) is 5.74. The average Bonchev–Trinajstić information content (AvgIpc) is 2.20. The summed E-state index contributed by atoms with van der Waals surface area (Å²) in [7, 11) is 7.25. The van der Waals surface area contributed by atoms with Gasteiger partial charge < -0.3 is 5.32 Å². The van der Waals surface area contributed by atoms with Crippen molar-refractivity contribution in [2.45, 2.75) is 6.67 Å². The topological polar surface area (TPSA) is 53.4 Å². The minimum Gasteiger partial charge on any atom is -0.355 e. The van der Waals surface area contributed by atoms with Gasteiger partial charge in [0.2, 0.25) is 0 Å². The first-order chi connectivity index (χ1) is 7.90. The van der Waals surface area contributed by atoms with Crippen LogP contribution in [0.4, 0.5) is 10.2 Å². The summed E-state index contributed by atoms with van der Waals surface area (Å²) >= 11 is 0. The zero-order valence-corrected chi connectivity index (χ0v) is 10.6. The van der Waals surface area contributed by atoms with Crippen molar-refractivity contribution >= 4 is 5.82 Å². The van der Waals surface area contributed by atoms with E-state index >= 15 is 0 Å². The molecule has 0 saturated carbocycles. The second-order valence-corrected chi connectivity index (χ2v) is 4.33. The molecule has 1 aromatic heterocycles. The Morgan fingerprint density at radius 1 is 1.35 bits per heavy atom. The van der Waals surface area contributed by atoms with E-state index in [2.05, 4.69) is 10.3 Å². The van der Waals surface area contributed by atoms with Gasteiger partial charge in [0.05, 0.1) is 13.3 Å². The lowest BCUT2D eigenvalue weighted by atomic mass is 10.5. The summed E-state index contributed by atoms with van der Waals surface area (Å²) in [5.74, 6) is -0.549. The molecule has 0 aliphatic carbocycles. The normalized spacial score (nSPS) is 11.2. The van der Waals surface area contributed by atoms with Crippen LogP contribution in [0, 0.1) is 5.82 Å². The van der Waals surface area contributed by atoms with Crippen molar-refractivity contribution in [1.82, 2.24) is 19.4 Å². The zero-order chi connectivity index (χ0) is 13.0. The summed E-state index contributed by atoms with van der Waals surface area (Å²) in [5, 5.41) is 2.75. The molecule has 96 valence electrons. The van der Waals surface area contributed by atoms with Crippen LogP contribution in [-0.4, -0.2) is 54.2 Å². The lowest BCUT2D eigenvalue weighted by Gasteiger charge is -2.14. The molecule has 0 aromatic carbocycles. The Bertz CT molecular complexity index is 429. The lowest BCUT2D eigenvalue weighted by molar-refractivity contribution is 0.314. The van der Waals surface area contributed by atoms with E-state index in [1.165, 1.54) is 4.57 Å². The van der Waals surface area contributed by atoms with E-state index in [9.17, 15) is 9.18 Å². The Kier molecular flexibility index (Phi) is 4.59. The highest BCUT2D eigenvalue weighted by Gasteiger charge is 2.08. The monoisotopic (exact) mass is 243 g/mol. The smallest absolute Gasteiger partial charge is 0.350 e. The molecule has 0 aliphatic heterocycles. The van der Waals surface area contributed by atoms with Gasteiger partial charge in [0.15, 0.2) is 11.6 Å². The number of anilines is 1. The van der Waals surface area contributed by atoms with Crippen LogP contribution in [0.3, 0.4) is 0 Å². The highest BCUT2D eigenvalue weighted by molar-refractivity contribution is 5.33. The Morgan fingerprint density at radius 3 is 2.53 bits per heavy atom. The van der Waals surface area contributed by atoms with E-state index in [1.807, 2.05) is 19.0 Å². The maximum absolute atomic E-state index is 13.6. The molecule has 1 N–H and O–H groups in total. The molecule has 7 heteroatoms. The summed E-state index contributed by atoms with van der Waals surface area (Å²) in [6.45, 7) is 0.720. The van der Waals surface area contributed by atoms with E-state index < -0.39 is 11.5 Å². The molecule has 0 atom stereocenters. The van der Waals surface area contributed by atoms with Crippen LogP contribution in [-0.2, 0) is 6.67 Å². The van der Waals surface area contributed by atoms with Crippen LogP contribution in [0.5, 0.6) is 0 Å². The average molecular weight is 243 g/mol. The third-order valence-corrected chi connectivity index (χ3v) is 1.95. The Labute approximate surface area is 99.7 Å². The fraction of sp³-hybridized carbons (Fsp3) is 0.600. The van der Waals surface area contributed by atoms with Gasteiger partial charge in [-0.05, 0) is 28.2 Å². The molecule has 1 aromatic rings. The molecule has 0 aliphatic rings. The first kappa shape index (κ1) is 13.6. The molecule has 0 radical (unpaired) electrons. The maximum atomic E-state index is 13.6. The molecule has 0 fully saturated rings. The van der Waals surface area contributed by atoms with Gasteiger partial charge in [0.25, 0.3) is 0 Å². The first-order valence-electron chi connectivity index (χ1n) is 5.20. The molecule has 0 amide bonds. The number of halogens is 1. The van der Waals surface area contributed by atoms with Gasteiger partial charge in [-0.3, -0.25) is 14.4 Å². The SMILES string of the molecule is CN(C)CNc1nc(=O)n(CN(C)C)cc1F. The number of aromatic nitrogens is 2. The largest absolute Gasteiger partial charge is 0.355 e. The standard InChI is InChI=1S/C10H18FN5O/c1-14(2)6-12-9-8(11)5-16(7-15(3)4)10(17)13-9/h5H,6-7H2,1-4H3,(H,12,13,17). The molecule has 17 heavy (non-hydrogen) atoms. The number of nitrogens with one attached hydrogen (secondary N) is 1. The third kappa shape index (κ3) is 4.12. The fourth-order valence-corrected chi connectivity index (χ4v) is 1.23. The van der Waals surface area contributed by atoms with Crippen molar-refractivity contribution in [2.75, 3.05) is 40.2 Å². The molecule has 0 bridgehead atoms. The summed E-state index contributed by atoms with van der Waals surface area (Å²) in [6.07, 6.45) is 1.16. The summed E-state index contributed by atoms with van der Waals surface area (Å²) in [6, 6.07) is 0. The van der Waals surface area contributed by atoms with Gasteiger partial charge in [-0.1, -0.05) is 0 Å². The summed E-state index contributed by atoms with van der Waals surface area (Å²) in [5.41, 5.74) is -0.471. The molecule has 1 heterocycles. The molecular weight excluding hydrogens is 225 g/mol. The third-order valence-electron chi connectivity index (χ3n) is 1.95. The highest BCUT2D eigenvalue weighted by Crippen LogP contribution is 2.06. The quantitative estimate of drug-likeness (QED) is 0.728. The van der Waals surface area contributed by atoms with E-state index in [-0.39, 0.29) is 5.82 Å². The van der Waals surface area contributed by atoms with Crippen LogP contribution >= 0.6 is 0 Å². The number of nitrogens with zero attached hydrogens (tertiary/aromatic N) is 4. The second-order valence-electron chi connectivity index (χ2n) is 4.33. The predicted molar refractivity (Wildman–Crippen MR) is 64.3 cm³/mol. The molecule has 6 nitrogen and oxygen atoms in total. The lowest BCUT2D eigenvalue weighted by Crippen LogP contribution is -2.31. The van der Waals surface area contributed by atoms with Gasteiger partial charge in [0.1, 0.15) is 0 Å². The van der Waals surface area contributed by atoms with Crippen molar-refractivity contribution in [3.8, 4) is 0 Å². The van der Waals surface area contributed by atoms with Crippen LogP contribution in [0.15, 0.2) is 11.0 Å². The van der Waals surface area contributed by atoms with Gasteiger partial charge in [-0.25, -0.2) is 9.18 Å². The van der Waals surface area contributed by atoms with Crippen LogP contribution in [0.25, 0.3) is 0 Å². The van der Waals surface area contributed by atoms with E-state index in [0.29, 0.717) is 13.3 Å². The van der Waals surface area contributed by atoms with Crippen molar-refractivity contribution < 1.29 is 4.39 Å². The van der Waals surface area contributed by atoms with E-state index in [1.54, 1.807) is 19.0 Å². The molecule has 0 saturated heterocycles. The van der Waals surface area contributed by atoms with Gasteiger partial charge in [0, 0.05) is 6.20 Å². The minimum atomic E-state index is -0.534. The summed E-state index contributed by atoms with van der Waals surface area (Å²) < 4.78 is 14.8. The Balaban J connectivity index is 2.89. The fourth-order valence-electron chi connectivity index (χ4n) is 1.23. The minimum absolute atomic E-state index is 0.0151. The van der Waals surface area contributed by atoms with Crippen molar-refractivity contribution in [3.05, 3.63) is 22.5 Å². The molecule has 1 rings (SSSR count).